The summed E-state index contributed by atoms with van der Waals surface area (Å²) in [6, 6.07) is 10.4. The molecule has 0 saturated heterocycles. The minimum atomic E-state index is -0.847. The lowest BCUT2D eigenvalue weighted by Gasteiger charge is -2.26. The molecule has 188 valence electrons. The van der Waals surface area contributed by atoms with Gasteiger partial charge in [-0.25, -0.2) is 13.2 Å². The minimum Gasteiger partial charge on any atom is -0.497 e. The number of aliphatic hydroxyl groups is 1. The molecule has 1 N–H and O–H groups in total. The van der Waals surface area contributed by atoms with E-state index >= 15 is 0 Å². The van der Waals surface area contributed by atoms with Crippen LogP contribution in [0.1, 0.15) is 56.1 Å². The second-order valence-corrected chi connectivity index (χ2v) is 8.71. The summed E-state index contributed by atoms with van der Waals surface area (Å²) in [7, 11) is 1.42. The lowest BCUT2D eigenvalue weighted by Crippen LogP contribution is -2.18. The Morgan fingerprint density at radius 2 is 1.63 bits per heavy atom. The standard InChI is InChI=1S/C27H29F3O2.C3H6/c1-17(25(28)16-18(2)32-3)4-5-19-6-8-20(9-7-19)23-14-15-24(27(30)26(23)29)21-10-12-22(31)13-11-21;1-3-2/h6-9,14-16,21-22,31H,1-2,4-5,10-13H2,3H3;3H,1H2,2H3/b25-16+;. The van der Waals surface area contributed by atoms with E-state index in [1.807, 2.05) is 19.1 Å². The Balaban J connectivity index is 0.00000137. The maximum atomic E-state index is 14.9. The predicted molar refractivity (Wildman–Crippen MR) is 138 cm³/mol. The van der Waals surface area contributed by atoms with Gasteiger partial charge in [-0.1, -0.05) is 55.6 Å². The fourth-order valence-electron chi connectivity index (χ4n) is 4.06. The van der Waals surface area contributed by atoms with Gasteiger partial charge in [-0.3, -0.25) is 0 Å². The highest BCUT2D eigenvalue weighted by Crippen LogP contribution is 2.37. The largest absolute Gasteiger partial charge is 0.497 e. The number of allylic oxidation sites excluding steroid dienone is 4. The molecule has 3 rings (SSSR count). The molecule has 0 radical (unpaired) electrons. The van der Waals surface area contributed by atoms with Crippen molar-refractivity contribution in [3.8, 4) is 11.1 Å². The third-order valence-electron chi connectivity index (χ3n) is 6.12. The van der Waals surface area contributed by atoms with Crippen molar-refractivity contribution in [1.82, 2.24) is 0 Å². The van der Waals surface area contributed by atoms with Crippen LogP contribution in [0.4, 0.5) is 13.2 Å². The molecular formula is C30H35F3O2. The Morgan fingerprint density at radius 1 is 1.03 bits per heavy atom. The first-order chi connectivity index (χ1) is 16.7. The van der Waals surface area contributed by atoms with Crippen molar-refractivity contribution in [1.29, 1.82) is 0 Å². The van der Waals surface area contributed by atoms with Gasteiger partial charge >= 0.3 is 0 Å². The molecule has 0 bridgehead atoms. The van der Waals surface area contributed by atoms with E-state index in [0.717, 1.165) is 5.56 Å². The molecule has 2 aromatic carbocycles. The highest BCUT2D eigenvalue weighted by atomic mass is 19.2. The van der Waals surface area contributed by atoms with E-state index in [4.69, 9.17) is 4.74 Å². The zero-order valence-electron chi connectivity index (χ0n) is 20.6. The van der Waals surface area contributed by atoms with E-state index in [9.17, 15) is 18.3 Å². The van der Waals surface area contributed by atoms with Gasteiger partial charge in [0.25, 0.3) is 0 Å². The molecular weight excluding hydrogens is 449 g/mol. The van der Waals surface area contributed by atoms with Crippen LogP contribution < -0.4 is 0 Å². The van der Waals surface area contributed by atoms with Gasteiger partial charge in [0.2, 0.25) is 0 Å². The lowest BCUT2D eigenvalue weighted by molar-refractivity contribution is 0.122. The average Bonchev–Trinajstić information content (AvgIpc) is 2.85. The molecule has 0 spiro atoms. The highest BCUT2D eigenvalue weighted by Gasteiger charge is 2.25. The molecule has 1 aliphatic rings. The monoisotopic (exact) mass is 484 g/mol. The molecule has 1 aliphatic carbocycles. The van der Waals surface area contributed by atoms with Crippen LogP contribution in [0.25, 0.3) is 11.1 Å². The van der Waals surface area contributed by atoms with E-state index in [0.29, 0.717) is 55.2 Å². The maximum Gasteiger partial charge on any atom is 0.166 e. The van der Waals surface area contributed by atoms with E-state index < -0.39 is 17.5 Å². The summed E-state index contributed by atoms with van der Waals surface area (Å²) < 4.78 is 48.5. The van der Waals surface area contributed by atoms with E-state index in [1.165, 1.54) is 13.2 Å². The van der Waals surface area contributed by atoms with E-state index in [2.05, 4.69) is 19.7 Å². The van der Waals surface area contributed by atoms with Gasteiger partial charge < -0.3 is 9.84 Å². The molecule has 35 heavy (non-hydrogen) atoms. The molecule has 0 aliphatic heterocycles. The molecule has 2 nitrogen and oxygen atoms in total. The van der Waals surface area contributed by atoms with Gasteiger partial charge in [-0.15, -0.1) is 6.58 Å². The zero-order valence-corrected chi connectivity index (χ0v) is 20.6. The fraction of sp³-hybridized carbons (Fsp3) is 0.333. The zero-order chi connectivity index (χ0) is 26.0. The first-order valence-electron chi connectivity index (χ1n) is 11.8. The second-order valence-electron chi connectivity index (χ2n) is 8.71. The van der Waals surface area contributed by atoms with Crippen molar-refractivity contribution < 1.29 is 23.0 Å². The number of hydrogen-bond donors (Lipinski definition) is 1. The van der Waals surface area contributed by atoms with Crippen LogP contribution >= 0.6 is 0 Å². The van der Waals surface area contributed by atoms with Crippen LogP contribution in [0.5, 0.6) is 0 Å². The Labute approximate surface area is 207 Å². The van der Waals surface area contributed by atoms with Gasteiger partial charge in [0, 0.05) is 11.6 Å². The summed E-state index contributed by atoms with van der Waals surface area (Å²) in [6.07, 6.45) is 6.12. The van der Waals surface area contributed by atoms with Crippen molar-refractivity contribution in [3.63, 3.8) is 0 Å². The van der Waals surface area contributed by atoms with Gasteiger partial charge in [-0.05, 0) is 73.6 Å². The molecule has 1 saturated carbocycles. The number of ether oxygens (including phenoxy) is 1. The van der Waals surface area contributed by atoms with Gasteiger partial charge in [-0.2, -0.15) is 0 Å². The molecule has 0 unspecified atom stereocenters. The average molecular weight is 485 g/mol. The molecule has 2 aromatic rings. The number of rotatable bonds is 8. The Morgan fingerprint density at radius 3 is 2.20 bits per heavy atom. The van der Waals surface area contributed by atoms with Gasteiger partial charge in [0.1, 0.15) is 11.6 Å². The molecule has 0 aromatic heterocycles. The van der Waals surface area contributed by atoms with Gasteiger partial charge in [0.05, 0.1) is 13.2 Å². The summed E-state index contributed by atoms with van der Waals surface area (Å²) in [6.45, 7) is 12.6. The number of benzene rings is 2. The van der Waals surface area contributed by atoms with Crippen LogP contribution in [0.15, 0.2) is 85.4 Å². The predicted octanol–water partition coefficient (Wildman–Crippen LogP) is 8.34. The Kier molecular flexibility index (Phi) is 11.1. The van der Waals surface area contributed by atoms with Crippen molar-refractivity contribution in [2.24, 2.45) is 0 Å². The normalized spacial score (nSPS) is 17.7. The number of methoxy groups -OCH3 is 1. The van der Waals surface area contributed by atoms with E-state index in [1.54, 1.807) is 30.3 Å². The molecule has 0 atom stereocenters. The van der Waals surface area contributed by atoms with Crippen molar-refractivity contribution in [3.05, 3.63) is 108 Å². The third-order valence-corrected chi connectivity index (χ3v) is 6.12. The summed E-state index contributed by atoms with van der Waals surface area (Å²) >= 11 is 0. The number of halogens is 3. The minimum absolute atomic E-state index is 0.0621. The summed E-state index contributed by atoms with van der Waals surface area (Å²) in [5.41, 5.74) is 2.46. The third kappa shape index (κ3) is 8.00. The SMILES string of the molecule is C=C(/C=C(/F)C(=C)CCc1ccc(-c2ccc(C3CCC(O)CC3)c(F)c2F)cc1)OC.C=CC. The van der Waals surface area contributed by atoms with Gasteiger partial charge in [0.15, 0.2) is 11.6 Å². The fourth-order valence-corrected chi connectivity index (χ4v) is 4.06. The summed E-state index contributed by atoms with van der Waals surface area (Å²) in [5.74, 6) is -1.97. The number of aliphatic hydroxyl groups excluding tert-OH is 1. The van der Waals surface area contributed by atoms with E-state index in [-0.39, 0.29) is 23.3 Å². The Bertz CT molecular complexity index is 1050. The van der Waals surface area contributed by atoms with Crippen LogP contribution in [0.3, 0.4) is 0 Å². The maximum absolute atomic E-state index is 14.9. The van der Waals surface area contributed by atoms with Crippen molar-refractivity contribution in [2.75, 3.05) is 7.11 Å². The van der Waals surface area contributed by atoms with Crippen LogP contribution in [0, 0.1) is 11.6 Å². The topological polar surface area (TPSA) is 29.5 Å². The first kappa shape index (κ1) is 28.2. The lowest BCUT2D eigenvalue weighted by atomic mass is 9.82. The van der Waals surface area contributed by atoms with Crippen molar-refractivity contribution in [2.45, 2.75) is 57.5 Å². The van der Waals surface area contributed by atoms with Crippen LogP contribution in [0.2, 0.25) is 0 Å². The number of aryl methyl sites for hydroxylation is 1. The van der Waals surface area contributed by atoms with Crippen molar-refractivity contribution >= 4 is 0 Å². The first-order valence-corrected chi connectivity index (χ1v) is 11.8. The Hall–Kier alpha value is -3.05. The quantitative estimate of drug-likeness (QED) is 0.232. The van der Waals surface area contributed by atoms with Crippen LogP contribution in [-0.2, 0) is 11.2 Å². The van der Waals surface area contributed by atoms with Crippen LogP contribution in [-0.4, -0.2) is 18.3 Å². The molecule has 1 fully saturated rings. The smallest absolute Gasteiger partial charge is 0.166 e. The molecule has 5 heteroatoms. The molecule has 0 amide bonds. The molecule has 0 heterocycles. The summed E-state index contributed by atoms with van der Waals surface area (Å²) in [4.78, 5) is 0. The number of hydrogen-bond acceptors (Lipinski definition) is 2. The highest BCUT2D eigenvalue weighted by molar-refractivity contribution is 5.65. The summed E-state index contributed by atoms with van der Waals surface area (Å²) in [5, 5.41) is 9.65. The second kappa shape index (κ2) is 13.7.